The number of phenolic OH excluding ortho intramolecular Hbond substituents is 1. The minimum Gasteiger partial charge on any atom is -0.507 e. The maximum absolute atomic E-state index is 12.2. The van der Waals surface area contributed by atoms with E-state index in [2.05, 4.69) is 0 Å². The van der Waals surface area contributed by atoms with E-state index in [0.717, 1.165) is 12.8 Å². The Balaban J connectivity index is 2.22. The summed E-state index contributed by atoms with van der Waals surface area (Å²) in [4.78, 5) is 13.9. The van der Waals surface area contributed by atoms with Crippen LogP contribution in [-0.4, -0.2) is 36.1 Å². The Bertz CT molecular complexity index is 427. The second-order valence-corrected chi connectivity index (χ2v) is 4.38. The number of rotatable bonds is 3. The van der Waals surface area contributed by atoms with Gasteiger partial charge in [0.15, 0.2) is 0 Å². The normalized spacial score (nSPS) is 15.2. The van der Waals surface area contributed by atoms with E-state index in [-0.39, 0.29) is 11.7 Å². The zero-order chi connectivity index (χ0) is 12.4. The van der Waals surface area contributed by atoms with Gasteiger partial charge in [-0.25, -0.2) is 0 Å². The van der Waals surface area contributed by atoms with Crippen LogP contribution in [-0.2, 0) is 0 Å². The van der Waals surface area contributed by atoms with Crippen molar-refractivity contribution in [1.29, 1.82) is 0 Å². The third-order valence-corrected chi connectivity index (χ3v) is 3.38. The third-order valence-electron chi connectivity index (χ3n) is 3.38. The second-order valence-electron chi connectivity index (χ2n) is 4.38. The molecule has 4 heteroatoms. The molecule has 2 rings (SSSR count). The predicted molar refractivity (Wildman–Crippen MR) is 64.4 cm³/mol. The van der Waals surface area contributed by atoms with Gasteiger partial charge in [-0.1, -0.05) is 0 Å². The summed E-state index contributed by atoms with van der Waals surface area (Å²) in [6, 6.07) is 5.01. The van der Waals surface area contributed by atoms with Crippen molar-refractivity contribution in [1.82, 2.24) is 4.90 Å². The highest BCUT2D eigenvalue weighted by atomic mass is 16.5. The maximum Gasteiger partial charge on any atom is 0.257 e. The molecule has 0 spiro atoms. The summed E-state index contributed by atoms with van der Waals surface area (Å²) in [6.45, 7) is 0. The molecule has 92 valence electrons. The van der Waals surface area contributed by atoms with Crippen LogP contribution in [0, 0.1) is 0 Å². The zero-order valence-electron chi connectivity index (χ0n) is 10.1. The molecule has 0 bridgehead atoms. The van der Waals surface area contributed by atoms with E-state index in [1.807, 2.05) is 0 Å². The van der Waals surface area contributed by atoms with Crippen molar-refractivity contribution in [2.45, 2.75) is 25.3 Å². The molecule has 1 aromatic rings. The number of benzene rings is 1. The van der Waals surface area contributed by atoms with Crippen LogP contribution in [0.5, 0.6) is 11.5 Å². The van der Waals surface area contributed by atoms with Crippen LogP contribution in [0.15, 0.2) is 18.2 Å². The Morgan fingerprint density at radius 3 is 2.71 bits per heavy atom. The van der Waals surface area contributed by atoms with E-state index in [1.165, 1.54) is 19.6 Å². The molecule has 0 aromatic heterocycles. The molecule has 0 saturated heterocycles. The molecule has 1 saturated carbocycles. The first-order valence-electron chi connectivity index (χ1n) is 5.77. The maximum atomic E-state index is 12.2. The smallest absolute Gasteiger partial charge is 0.257 e. The minimum atomic E-state index is -0.147. The van der Waals surface area contributed by atoms with Gasteiger partial charge in [0, 0.05) is 13.1 Å². The van der Waals surface area contributed by atoms with Gasteiger partial charge in [-0.2, -0.15) is 0 Å². The lowest BCUT2D eigenvalue weighted by molar-refractivity contribution is 0.0648. The average molecular weight is 235 g/mol. The van der Waals surface area contributed by atoms with Gasteiger partial charge in [-0.05, 0) is 37.5 Å². The van der Waals surface area contributed by atoms with E-state index >= 15 is 0 Å². The van der Waals surface area contributed by atoms with Gasteiger partial charge in [0.1, 0.15) is 11.5 Å². The molecule has 1 fully saturated rings. The quantitative estimate of drug-likeness (QED) is 0.872. The van der Waals surface area contributed by atoms with Crippen LogP contribution in [0.3, 0.4) is 0 Å². The van der Waals surface area contributed by atoms with Crippen LogP contribution in [0.4, 0.5) is 0 Å². The first kappa shape index (κ1) is 11.8. The van der Waals surface area contributed by atoms with E-state index in [0.29, 0.717) is 17.4 Å². The van der Waals surface area contributed by atoms with Crippen molar-refractivity contribution in [3.8, 4) is 11.5 Å². The lowest BCUT2D eigenvalue weighted by atomic mass is 9.91. The second kappa shape index (κ2) is 4.65. The molecule has 1 aliphatic carbocycles. The van der Waals surface area contributed by atoms with Crippen LogP contribution >= 0.6 is 0 Å². The number of carbonyl (C=O) groups excluding carboxylic acids is 1. The van der Waals surface area contributed by atoms with Gasteiger partial charge in [0.05, 0.1) is 12.7 Å². The van der Waals surface area contributed by atoms with Crippen molar-refractivity contribution in [2.75, 3.05) is 14.2 Å². The minimum absolute atomic E-state index is 0.00183. The molecule has 0 radical (unpaired) electrons. The van der Waals surface area contributed by atoms with Gasteiger partial charge < -0.3 is 14.7 Å². The molecule has 0 heterocycles. The molecule has 1 aromatic carbocycles. The SMILES string of the molecule is COc1ccc(O)c(C(=O)N(C)C2CCC2)c1. The van der Waals surface area contributed by atoms with Crippen molar-refractivity contribution in [2.24, 2.45) is 0 Å². The Morgan fingerprint density at radius 1 is 1.47 bits per heavy atom. The van der Waals surface area contributed by atoms with E-state index < -0.39 is 0 Å². The van der Waals surface area contributed by atoms with Crippen molar-refractivity contribution in [3.63, 3.8) is 0 Å². The van der Waals surface area contributed by atoms with Crippen molar-refractivity contribution < 1.29 is 14.6 Å². The number of aromatic hydroxyl groups is 1. The lowest BCUT2D eigenvalue weighted by Gasteiger charge is -2.34. The fraction of sp³-hybridized carbons (Fsp3) is 0.462. The third kappa shape index (κ3) is 2.20. The van der Waals surface area contributed by atoms with Gasteiger partial charge in [-0.3, -0.25) is 4.79 Å². The average Bonchev–Trinajstić information content (AvgIpc) is 2.26. The fourth-order valence-corrected chi connectivity index (χ4v) is 1.94. The zero-order valence-corrected chi connectivity index (χ0v) is 10.1. The van der Waals surface area contributed by atoms with Gasteiger partial charge >= 0.3 is 0 Å². The van der Waals surface area contributed by atoms with Crippen molar-refractivity contribution >= 4 is 5.91 Å². The first-order valence-corrected chi connectivity index (χ1v) is 5.77. The summed E-state index contributed by atoms with van der Waals surface area (Å²) in [5.41, 5.74) is 0.304. The number of nitrogens with zero attached hydrogens (tertiary/aromatic N) is 1. The lowest BCUT2D eigenvalue weighted by Crippen LogP contribution is -2.41. The predicted octanol–water partition coefficient (Wildman–Crippen LogP) is 2.03. The number of ether oxygens (including phenoxy) is 1. The molecule has 1 amide bonds. The number of methoxy groups -OCH3 is 1. The van der Waals surface area contributed by atoms with Gasteiger partial charge in [-0.15, -0.1) is 0 Å². The topological polar surface area (TPSA) is 49.8 Å². The molecule has 0 atom stereocenters. The highest BCUT2D eigenvalue weighted by Crippen LogP contribution is 2.28. The standard InChI is InChI=1S/C13H17NO3/c1-14(9-4-3-5-9)13(16)11-8-10(17-2)6-7-12(11)15/h6-9,15H,3-5H2,1-2H3. The number of amides is 1. The highest BCUT2D eigenvalue weighted by molar-refractivity contribution is 5.97. The van der Waals surface area contributed by atoms with Crippen LogP contribution < -0.4 is 4.74 Å². The summed E-state index contributed by atoms with van der Waals surface area (Å²) in [7, 11) is 3.32. The Hall–Kier alpha value is -1.71. The number of phenols is 1. The van der Waals surface area contributed by atoms with Crippen LogP contribution in [0.25, 0.3) is 0 Å². The molecule has 17 heavy (non-hydrogen) atoms. The monoisotopic (exact) mass is 235 g/mol. The molecule has 1 aliphatic rings. The van der Waals surface area contributed by atoms with Crippen LogP contribution in [0.2, 0.25) is 0 Å². The summed E-state index contributed by atoms with van der Waals surface area (Å²) in [6.07, 6.45) is 3.27. The summed E-state index contributed by atoms with van der Waals surface area (Å²) < 4.78 is 5.06. The number of hydrogen-bond donors (Lipinski definition) is 1. The summed E-state index contributed by atoms with van der Waals surface area (Å²) in [5.74, 6) is 0.432. The first-order chi connectivity index (χ1) is 8.13. The van der Waals surface area contributed by atoms with Crippen LogP contribution in [0.1, 0.15) is 29.6 Å². The summed E-state index contributed by atoms with van der Waals surface area (Å²) >= 11 is 0. The molecule has 1 N–H and O–H groups in total. The van der Waals surface area contributed by atoms with Gasteiger partial charge in [0.2, 0.25) is 0 Å². The number of carbonyl (C=O) groups is 1. The Morgan fingerprint density at radius 2 is 2.18 bits per heavy atom. The van der Waals surface area contributed by atoms with E-state index in [9.17, 15) is 9.90 Å². The number of hydrogen-bond acceptors (Lipinski definition) is 3. The summed E-state index contributed by atoms with van der Waals surface area (Å²) in [5, 5.41) is 9.72. The Kier molecular flexibility index (Phi) is 3.22. The fourth-order valence-electron chi connectivity index (χ4n) is 1.94. The molecular weight excluding hydrogens is 218 g/mol. The van der Waals surface area contributed by atoms with E-state index in [1.54, 1.807) is 24.1 Å². The highest BCUT2D eigenvalue weighted by Gasteiger charge is 2.27. The van der Waals surface area contributed by atoms with Gasteiger partial charge in [0.25, 0.3) is 5.91 Å². The molecule has 4 nitrogen and oxygen atoms in total. The molecular formula is C13H17NO3. The van der Waals surface area contributed by atoms with Crippen molar-refractivity contribution in [3.05, 3.63) is 23.8 Å². The molecule has 0 unspecified atom stereocenters. The molecule has 0 aliphatic heterocycles. The Labute approximate surface area is 101 Å². The largest absolute Gasteiger partial charge is 0.507 e. The van der Waals surface area contributed by atoms with E-state index in [4.69, 9.17) is 4.74 Å².